The van der Waals surface area contributed by atoms with Gasteiger partial charge in [0.2, 0.25) is 5.91 Å². The van der Waals surface area contributed by atoms with Crippen molar-refractivity contribution in [2.24, 2.45) is 0 Å². The van der Waals surface area contributed by atoms with Crippen LogP contribution in [0.3, 0.4) is 0 Å². The van der Waals surface area contributed by atoms with Crippen LogP contribution < -0.4 is 5.32 Å². The third-order valence-corrected chi connectivity index (χ3v) is 3.81. The molecule has 1 aromatic carbocycles. The average molecular weight is 297 g/mol. The minimum Gasteiger partial charge on any atom is -0.346 e. The van der Waals surface area contributed by atoms with Crippen LogP contribution in [0.25, 0.3) is 11.0 Å². The third kappa shape index (κ3) is 2.72. The van der Waals surface area contributed by atoms with E-state index < -0.39 is 0 Å². The van der Waals surface area contributed by atoms with Gasteiger partial charge >= 0.3 is 0 Å². The van der Waals surface area contributed by atoms with Gasteiger partial charge in [0.15, 0.2) is 0 Å². The SMILES string of the molecule is Cc1n[nH]c(C)c1CC(=O)NC(C)c1nc2ccccc2[nH]1. The summed E-state index contributed by atoms with van der Waals surface area (Å²) in [5, 5.41) is 9.98. The van der Waals surface area contributed by atoms with Crippen LogP contribution in [-0.2, 0) is 11.2 Å². The molecule has 0 aliphatic heterocycles. The molecule has 0 spiro atoms. The fourth-order valence-electron chi connectivity index (χ4n) is 2.53. The number of H-pyrrole nitrogens is 2. The number of nitrogens with one attached hydrogen (secondary N) is 3. The Morgan fingerprint density at radius 2 is 2.09 bits per heavy atom. The first kappa shape index (κ1) is 14.3. The number of hydrogen-bond acceptors (Lipinski definition) is 3. The molecule has 3 aromatic rings. The second kappa shape index (κ2) is 5.63. The molecule has 0 saturated heterocycles. The molecule has 0 aliphatic carbocycles. The van der Waals surface area contributed by atoms with Crippen molar-refractivity contribution >= 4 is 16.9 Å². The average Bonchev–Trinajstić information content (AvgIpc) is 3.05. The number of imidazole rings is 1. The Morgan fingerprint density at radius 3 is 2.77 bits per heavy atom. The normalized spacial score (nSPS) is 12.5. The Balaban J connectivity index is 1.70. The van der Waals surface area contributed by atoms with Gasteiger partial charge < -0.3 is 10.3 Å². The van der Waals surface area contributed by atoms with Crippen molar-refractivity contribution in [2.45, 2.75) is 33.2 Å². The molecule has 0 aliphatic rings. The first-order valence-corrected chi connectivity index (χ1v) is 7.29. The van der Waals surface area contributed by atoms with Gasteiger partial charge in [-0.2, -0.15) is 5.10 Å². The van der Waals surface area contributed by atoms with E-state index in [1.807, 2.05) is 45.0 Å². The van der Waals surface area contributed by atoms with Crippen LogP contribution in [0.4, 0.5) is 0 Å². The molecule has 6 heteroatoms. The van der Waals surface area contributed by atoms with Gasteiger partial charge in [0.05, 0.1) is 29.2 Å². The quantitative estimate of drug-likeness (QED) is 0.690. The molecule has 22 heavy (non-hydrogen) atoms. The number of aryl methyl sites for hydroxylation is 2. The monoisotopic (exact) mass is 297 g/mol. The van der Waals surface area contributed by atoms with Crippen LogP contribution in [0.1, 0.15) is 35.7 Å². The predicted octanol–water partition coefficient (Wildman–Crippen LogP) is 2.32. The van der Waals surface area contributed by atoms with Crippen LogP contribution in [0.2, 0.25) is 0 Å². The number of para-hydroxylation sites is 2. The van der Waals surface area contributed by atoms with E-state index >= 15 is 0 Å². The lowest BCUT2D eigenvalue weighted by atomic mass is 10.1. The Morgan fingerprint density at radius 1 is 1.32 bits per heavy atom. The second-order valence-corrected chi connectivity index (χ2v) is 5.52. The summed E-state index contributed by atoms with van der Waals surface area (Å²) in [7, 11) is 0. The van der Waals surface area contributed by atoms with E-state index in [4.69, 9.17) is 0 Å². The maximum Gasteiger partial charge on any atom is 0.225 e. The number of aromatic amines is 2. The topological polar surface area (TPSA) is 86.5 Å². The summed E-state index contributed by atoms with van der Waals surface area (Å²) >= 11 is 0. The van der Waals surface area contributed by atoms with Gasteiger partial charge in [-0.1, -0.05) is 12.1 Å². The van der Waals surface area contributed by atoms with Crippen LogP contribution in [-0.4, -0.2) is 26.1 Å². The zero-order valence-corrected chi connectivity index (χ0v) is 12.9. The summed E-state index contributed by atoms with van der Waals surface area (Å²) in [6.07, 6.45) is 0.318. The fourth-order valence-corrected chi connectivity index (χ4v) is 2.53. The van der Waals surface area contributed by atoms with Gasteiger partial charge in [0.1, 0.15) is 5.82 Å². The third-order valence-electron chi connectivity index (χ3n) is 3.81. The van der Waals surface area contributed by atoms with E-state index in [0.717, 1.165) is 33.8 Å². The molecule has 3 N–H and O–H groups in total. The Bertz CT molecular complexity index is 764. The molecule has 1 amide bonds. The van der Waals surface area contributed by atoms with Gasteiger partial charge in [-0.05, 0) is 32.9 Å². The number of fused-ring (bicyclic) bond motifs is 1. The van der Waals surface area contributed by atoms with Crippen LogP contribution in [0, 0.1) is 13.8 Å². The largest absolute Gasteiger partial charge is 0.346 e. The van der Waals surface area contributed by atoms with Crippen molar-refractivity contribution in [3.8, 4) is 0 Å². The van der Waals surface area contributed by atoms with Crippen molar-refractivity contribution in [3.05, 3.63) is 47.0 Å². The van der Waals surface area contributed by atoms with Gasteiger partial charge in [0.25, 0.3) is 0 Å². The van der Waals surface area contributed by atoms with Crippen LogP contribution in [0.15, 0.2) is 24.3 Å². The molecule has 1 unspecified atom stereocenters. The smallest absolute Gasteiger partial charge is 0.225 e. The Kier molecular flexibility index (Phi) is 3.66. The van der Waals surface area contributed by atoms with Crippen molar-refractivity contribution in [3.63, 3.8) is 0 Å². The summed E-state index contributed by atoms with van der Waals surface area (Å²) in [4.78, 5) is 20.0. The summed E-state index contributed by atoms with van der Waals surface area (Å²) in [6.45, 7) is 5.74. The highest BCUT2D eigenvalue weighted by molar-refractivity contribution is 5.80. The van der Waals surface area contributed by atoms with Crippen molar-refractivity contribution in [1.29, 1.82) is 0 Å². The molecular formula is C16H19N5O. The number of aromatic nitrogens is 4. The molecule has 2 heterocycles. The minimum atomic E-state index is -0.174. The summed E-state index contributed by atoms with van der Waals surface area (Å²) in [6, 6.07) is 7.65. The first-order chi connectivity index (χ1) is 10.5. The van der Waals surface area contributed by atoms with Crippen LogP contribution in [0.5, 0.6) is 0 Å². The molecule has 6 nitrogen and oxygen atoms in total. The number of hydrogen-bond donors (Lipinski definition) is 3. The van der Waals surface area contributed by atoms with Gasteiger partial charge in [-0.25, -0.2) is 4.98 Å². The van der Waals surface area contributed by atoms with E-state index in [0.29, 0.717) is 6.42 Å². The molecule has 0 radical (unpaired) electrons. The van der Waals surface area contributed by atoms with E-state index in [2.05, 4.69) is 25.5 Å². The van der Waals surface area contributed by atoms with Gasteiger partial charge in [-0.15, -0.1) is 0 Å². The van der Waals surface area contributed by atoms with E-state index in [9.17, 15) is 4.79 Å². The van der Waals surface area contributed by atoms with Crippen molar-refractivity contribution in [2.75, 3.05) is 0 Å². The molecule has 0 bridgehead atoms. The lowest BCUT2D eigenvalue weighted by Gasteiger charge is -2.11. The van der Waals surface area contributed by atoms with E-state index in [1.165, 1.54) is 0 Å². The standard InChI is InChI=1S/C16H19N5O/c1-9-12(10(2)21-20-9)8-15(22)17-11(3)16-18-13-6-4-5-7-14(13)19-16/h4-7,11H,8H2,1-3H3,(H,17,22)(H,18,19)(H,20,21). The number of benzene rings is 1. The molecule has 3 rings (SSSR count). The lowest BCUT2D eigenvalue weighted by Crippen LogP contribution is -2.29. The van der Waals surface area contributed by atoms with E-state index in [-0.39, 0.29) is 11.9 Å². The Hall–Kier alpha value is -2.63. The highest BCUT2D eigenvalue weighted by atomic mass is 16.1. The lowest BCUT2D eigenvalue weighted by molar-refractivity contribution is -0.121. The van der Waals surface area contributed by atoms with Crippen molar-refractivity contribution in [1.82, 2.24) is 25.5 Å². The molecule has 0 saturated carbocycles. The molecule has 1 atom stereocenters. The fraction of sp³-hybridized carbons (Fsp3) is 0.312. The van der Waals surface area contributed by atoms with Crippen LogP contribution >= 0.6 is 0 Å². The number of amides is 1. The zero-order chi connectivity index (χ0) is 15.7. The van der Waals surface area contributed by atoms with Gasteiger partial charge in [0, 0.05) is 11.3 Å². The Labute approximate surface area is 128 Å². The minimum absolute atomic E-state index is 0.0412. The maximum absolute atomic E-state index is 12.2. The predicted molar refractivity (Wildman–Crippen MR) is 84.4 cm³/mol. The summed E-state index contributed by atoms with van der Waals surface area (Å²) in [5.74, 6) is 0.718. The molecule has 114 valence electrons. The van der Waals surface area contributed by atoms with E-state index in [1.54, 1.807) is 0 Å². The van der Waals surface area contributed by atoms with Gasteiger partial charge in [-0.3, -0.25) is 9.89 Å². The maximum atomic E-state index is 12.2. The molecule has 0 fully saturated rings. The number of carbonyl (C=O) groups is 1. The number of rotatable bonds is 4. The van der Waals surface area contributed by atoms with Crippen molar-refractivity contribution < 1.29 is 4.79 Å². The molecule has 2 aromatic heterocycles. The number of nitrogens with zero attached hydrogens (tertiary/aromatic N) is 2. The second-order valence-electron chi connectivity index (χ2n) is 5.52. The summed E-state index contributed by atoms with van der Waals surface area (Å²) < 4.78 is 0. The number of carbonyl (C=O) groups excluding carboxylic acids is 1. The zero-order valence-electron chi connectivity index (χ0n) is 12.9. The first-order valence-electron chi connectivity index (χ1n) is 7.29. The highest BCUT2D eigenvalue weighted by Gasteiger charge is 2.16. The summed E-state index contributed by atoms with van der Waals surface area (Å²) in [5.41, 5.74) is 4.63. The highest BCUT2D eigenvalue weighted by Crippen LogP contribution is 2.16. The molecular weight excluding hydrogens is 278 g/mol.